The van der Waals surface area contributed by atoms with Crippen molar-refractivity contribution in [3.8, 4) is 0 Å². The Bertz CT molecular complexity index is 835. The third-order valence-electron chi connectivity index (χ3n) is 3.50. The summed E-state index contributed by atoms with van der Waals surface area (Å²) >= 11 is 0. The Morgan fingerprint density at radius 2 is 1.91 bits per heavy atom. The Labute approximate surface area is 126 Å². The Morgan fingerprint density at radius 3 is 2.59 bits per heavy atom. The number of carboxylic acids is 1. The van der Waals surface area contributed by atoms with Gasteiger partial charge in [-0.3, -0.25) is 4.79 Å². The maximum Gasteiger partial charge on any atom is 0.335 e. The van der Waals surface area contributed by atoms with E-state index in [2.05, 4.69) is 10.3 Å². The third kappa shape index (κ3) is 2.83. The first-order valence-electron chi connectivity index (χ1n) is 6.80. The SMILES string of the molecule is O=CNc1ccc(Cc2cc3cc(C(=O)O)ccc3[nH]2)cc1. The second-order valence-electron chi connectivity index (χ2n) is 5.04. The number of carbonyl (C=O) groups excluding carboxylic acids is 1. The maximum atomic E-state index is 11.0. The molecule has 0 spiro atoms. The van der Waals surface area contributed by atoms with Crippen molar-refractivity contribution in [3.63, 3.8) is 0 Å². The summed E-state index contributed by atoms with van der Waals surface area (Å²) in [5.41, 5.74) is 4.05. The molecule has 2 aromatic carbocycles. The van der Waals surface area contributed by atoms with Crippen LogP contribution in [0.4, 0.5) is 5.69 Å². The standard InChI is InChI=1S/C17H14N2O3/c20-10-18-14-4-1-11(2-5-14)7-15-9-13-8-12(17(21)22)3-6-16(13)19-15/h1-6,8-10,19H,7H2,(H,18,20)(H,21,22). The van der Waals surface area contributed by atoms with Gasteiger partial charge in [0.05, 0.1) is 5.56 Å². The van der Waals surface area contributed by atoms with Crippen LogP contribution >= 0.6 is 0 Å². The van der Waals surface area contributed by atoms with Crippen molar-refractivity contribution in [2.45, 2.75) is 6.42 Å². The van der Waals surface area contributed by atoms with Crippen molar-refractivity contribution in [2.75, 3.05) is 5.32 Å². The van der Waals surface area contributed by atoms with Gasteiger partial charge in [-0.15, -0.1) is 0 Å². The zero-order valence-electron chi connectivity index (χ0n) is 11.7. The molecule has 3 rings (SSSR count). The van der Waals surface area contributed by atoms with Crippen molar-refractivity contribution in [3.05, 3.63) is 65.4 Å². The number of carboxylic acid groups (broad SMARTS) is 1. The summed E-state index contributed by atoms with van der Waals surface area (Å²) < 4.78 is 0. The lowest BCUT2D eigenvalue weighted by Gasteiger charge is -2.01. The predicted octanol–water partition coefficient (Wildman–Crippen LogP) is 3.03. The average Bonchev–Trinajstić information content (AvgIpc) is 2.90. The van der Waals surface area contributed by atoms with Crippen molar-refractivity contribution in [1.82, 2.24) is 4.98 Å². The molecule has 1 aromatic heterocycles. The summed E-state index contributed by atoms with van der Waals surface area (Å²) in [6, 6.07) is 14.6. The lowest BCUT2D eigenvalue weighted by molar-refractivity contribution is -0.105. The van der Waals surface area contributed by atoms with E-state index < -0.39 is 5.97 Å². The number of rotatable bonds is 5. The van der Waals surface area contributed by atoms with Gasteiger partial charge in [-0.2, -0.15) is 0 Å². The molecule has 110 valence electrons. The topological polar surface area (TPSA) is 82.2 Å². The molecule has 0 unspecified atom stereocenters. The molecule has 0 aliphatic heterocycles. The quantitative estimate of drug-likeness (QED) is 0.633. The summed E-state index contributed by atoms with van der Waals surface area (Å²) in [6.07, 6.45) is 1.35. The second-order valence-corrected chi connectivity index (χ2v) is 5.04. The molecule has 3 N–H and O–H groups in total. The van der Waals surface area contributed by atoms with Gasteiger partial charge in [-0.1, -0.05) is 12.1 Å². The molecule has 5 heteroatoms. The largest absolute Gasteiger partial charge is 0.478 e. The molecule has 0 saturated heterocycles. The number of nitrogens with one attached hydrogen (secondary N) is 2. The molecule has 0 bridgehead atoms. The lowest BCUT2D eigenvalue weighted by atomic mass is 10.1. The van der Waals surface area contributed by atoms with E-state index >= 15 is 0 Å². The lowest BCUT2D eigenvalue weighted by Crippen LogP contribution is -1.94. The number of hydrogen-bond donors (Lipinski definition) is 3. The number of aromatic amines is 1. The summed E-state index contributed by atoms with van der Waals surface area (Å²) in [5, 5.41) is 12.5. The normalized spacial score (nSPS) is 10.5. The van der Waals surface area contributed by atoms with Gasteiger partial charge in [0.1, 0.15) is 0 Å². The van der Waals surface area contributed by atoms with E-state index in [0.29, 0.717) is 12.8 Å². The molecule has 1 amide bonds. The van der Waals surface area contributed by atoms with E-state index in [1.165, 1.54) is 0 Å². The molecule has 22 heavy (non-hydrogen) atoms. The minimum Gasteiger partial charge on any atom is -0.478 e. The Morgan fingerprint density at radius 1 is 1.14 bits per heavy atom. The van der Waals surface area contributed by atoms with Crippen LogP contribution in [0, 0.1) is 0 Å². The fraction of sp³-hybridized carbons (Fsp3) is 0.0588. The number of H-pyrrole nitrogens is 1. The smallest absolute Gasteiger partial charge is 0.335 e. The summed E-state index contributed by atoms with van der Waals surface area (Å²) in [4.78, 5) is 24.6. The molecular weight excluding hydrogens is 280 g/mol. The van der Waals surface area contributed by atoms with Crippen molar-refractivity contribution >= 4 is 29.0 Å². The molecule has 0 radical (unpaired) electrons. The van der Waals surface area contributed by atoms with Crippen LogP contribution in [0.1, 0.15) is 21.6 Å². The fourth-order valence-electron chi connectivity index (χ4n) is 2.43. The summed E-state index contributed by atoms with van der Waals surface area (Å²) in [5.74, 6) is -0.928. The maximum absolute atomic E-state index is 11.0. The highest BCUT2D eigenvalue weighted by Gasteiger charge is 2.07. The molecule has 0 aliphatic rings. The van der Waals surface area contributed by atoms with E-state index in [1.807, 2.05) is 30.3 Å². The van der Waals surface area contributed by atoms with Gasteiger partial charge in [0.15, 0.2) is 0 Å². The van der Waals surface area contributed by atoms with Crippen LogP contribution in [-0.4, -0.2) is 22.5 Å². The van der Waals surface area contributed by atoms with Gasteiger partial charge in [0, 0.05) is 28.7 Å². The molecular formula is C17H14N2O3. The van der Waals surface area contributed by atoms with Crippen molar-refractivity contribution in [2.24, 2.45) is 0 Å². The van der Waals surface area contributed by atoms with E-state index in [9.17, 15) is 9.59 Å². The minimum absolute atomic E-state index is 0.280. The summed E-state index contributed by atoms with van der Waals surface area (Å²) in [7, 11) is 0. The van der Waals surface area contributed by atoms with Gasteiger partial charge in [0.2, 0.25) is 6.41 Å². The Kier molecular flexibility index (Phi) is 3.62. The number of benzene rings is 2. The number of amides is 1. The molecule has 0 aliphatic carbocycles. The number of hydrogen-bond acceptors (Lipinski definition) is 2. The fourth-order valence-corrected chi connectivity index (χ4v) is 2.43. The first kappa shape index (κ1) is 13.9. The molecule has 1 heterocycles. The first-order valence-corrected chi connectivity index (χ1v) is 6.80. The number of anilines is 1. The molecule has 0 fully saturated rings. The van der Waals surface area contributed by atoms with Gasteiger partial charge < -0.3 is 15.4 Å². The highest BCUT2D eigenvalue weighted by atomic mass is 16.4. The van der Waals surface area contributed by atoms with Crippen molar-refractivity contribution in [1.29, 1.82) is 0 Å². The van der Waals surface area contributed by atoms with Crippen molar-refractivity contribution < 1.29 is 14.7 Å². The minimum atomic E-state index is -0.928. The predicted molar refractivity (Wildman–Crippen MR) is 84.2 cm³/mol. The van der Waals surface area contributed by atoms with Crippen LogP contribution in [0.3, 0.4) is 0 Å². The van der Waals surface area contributed by atoms with Gasteiger partial charge in [0.25, 0.3) is 0 Å². The molecule has 5 nitrogen and oxygen atoms in total. The summed E-state index contributed by atoms with van der Waals surface area (Å²) in [6.45, 7) is 0. The zero-order chi connectivity index (χ0) is 15.5. The zero-order valence-corrected chi connectivity index (χ0v) is 11.7. The Balaban J connectivity index is 1.84. The first-order chi connectivity index (χ1) is 10.7. The number of fused-ring (bicyclic) bond motifs is 1. The van der Waals surface area contributed by atoms with Crippen LogP contribution in [0.25, 0.3) is 10.9 Å². The molecule has 0 saturated carbocycles. The number of aromatic nitrogens is 1. The molecule has 0 atom stereocenters. The van der Waals surface area contributed by atoms with Gasteiger partial charge in [-0.05, 0) is 42.0 Å². The van der Waals surface area contributed by atoms with E-state index in [0.717, 1.165) is 27.8 Å². The monoisotopic (exact) mass is 294 g/mol. The third-order valence-corrected chi connectivity index (χ3v) is 3.50. The highest BCUT2D eigenvalue weighted by Crippen LogP contribution is 2.20. The second kappa shape index (κ2) is 5.73. The average molecular weight is 294 g/mol. The van der Waals surface area contributed by atoms with Gasteiger partial charge >= 0.3 is 5.97 Å². The Hall–Kier alpha value is -3.08. The van der Waals surface area contributed by atoms with E-state index in [1.54, 1.807) is 18.2 Å². The van der Waals surface area contributed by atoms with Crippen LogP contribution in [0.5, 0.6) is 0 Å². The van der Waals surface area contributed by atoms with Crippen LogP contribution in [0.15, 0.2) is 48.5 Å². The van der Waals surface area contributed by atoms with Crippen LogP contribution in [-0.2, 0) is 11.2 Å². The number of aromatic carboxylic acids is 1. The van der Waals surface area contributed by atoms with E-state index in [-0.39, 0.29) is 5.56 Å². The molecule has 3 aromatic rings. The van der Waals surface area contributed by atoms with Gasteiger partial charge in [-0.25, -0.2) is 4.79 Å². The van der Waals surface area contributed by atoms with Crippen LogP contribution < -0.4 is 5.32 Å². The van der Waals surface area contributed by atoms with Crippen LogP contribution in [0.2, 0.25) is 0 Å². The number of carbonyl (C=O) groups is 2. The van der Waals surface area contributed by atoms with E-state index in [4.69, 9.17) is 5.11 Å². The highest BCUT2D eigenvalue weighted by molar-refractivity contribution is 5.93.